The molecule has 0 atom stereocenters. The number of hydrogen-bond donors (Lipinski definition) is 0. The normalized spacial score (nSPS) is 10.8. The molecule has 0 heterocycles. The zero-order chi connectivity index (χ0) is 14.4. The van der Waals surface area contributed by atoms with Crippen LogP contribution in [-0.4, -0.2) is 37.6 Å². The van der Waals surface area contributed by atoms with Crippen LogP contribution in [0.5, 0.6) is 0 Å². The third kappa shape index (κ3) is 5.01. The summed E-state index contributed by atoms with van der Waals surface area (Å²) < 4.78 is 5.04. The summed E-state index contributed by atoms with van der Waals surface area (Å²) in [6.07, 6.45) is 0. The zero-order valence-electron chi connectivity index (χ0n) is 11.5. The molecule has 0 bridgehead atoms. The first-order chi connectivity index (χ1) is 8.95. The number of carbonyl (C=O) groups excluding carboxylic acids is 1. The van der Waals surface area contributed by atoms with E-state index in [4.69, 9.17) is 27.9 Å². The molecule has 1 amide bonds. The molecule has 0 N–H and O–H groups in total. The minimum Gasteiger partial charge on any atom is -0.383 e. The van der Waals surface area contributed by atoms with E-state index in [1.807, 2.05) is 0 Å². The maximum Gasteiger partial charge on any atom is 0.253 e. The lowest BCUT2D eigenvalue weighted by molar-refractivity contribution is 0.0672. The Bertz CT molecular complexity index is 435. The van der Waals surface area contributed by atoms with Gasteiger partial charge in [0.1, 0.15) is 0 Å². The Morgan fingerprint density at radius 1 is 1.32 bits per heavy atom. The first-order valence-corrected chi connectivity index (χ1v) is 6.94. The highest BCUT2D eigenvalue weighted by Gasteiger charge is 2.17. The molecule has 0 fully saturated rings. The number of nitrogens with zero attached hydrogens (tertiary/aromatic N) is 1. The van der Waals surface area contributed by atoms with E-state index in [1.54, 1.807) is 30.2 Å². The van der Waals surface area contributed by atoms with Gasteiger partial charge in [-0.1, -0.05) is 37.0 Å². The molecule has 0 aromatic heterocycles. The molecule has 0 saturated carbocycles. The van der Waals surface area contributed by atoms with Crippen molar-refractivity contribution in [2.24, 2.45) is 5.92 Å². The number of rotatable bonds is 6. The number of amides is 1. The van der Waals surface area contributed by atoms with Crippen molar-refractivity contribution >= 4 is 29.1 Å². The summed E-state index contributed by atoms with van der Waals surface area (Å²) in [5, 5.41) is 0.842. The van der Waals surface area contributed by atoms with Crippen molar-refractivity contribution in [1.82, 2.24) is 4.90 Å². The number of benzene rings is 1. The summed E-state index contributed by atoms with van der Waals surface area (Å²) in [4.78, 5) is 14.2. The lowest BCUT2D eigenvalue weighted by Gasteiger charge is -2.24. The first-order valence-electron chi connectivity index (χ1n) is 6.19. The highest BCUT2D eigenvalue weighted by molar-refractivity contribution is 6.42. The molecule has 19 heavy (non-hydrogen) atoms. The number of ether oxygens (including phenoxy) is 1. The van der Waals surface area contributed by atoms with Gasteiger partial charge in [-0.2, -0.15) is 0 Å². The highest BCUT2D eigenvalue weighted by Crippen LogP contribution is 2.23. The Balaban J connectivity index is 2.87. The average Bonchev–Trinajstić information content (AvgIpc) is 2.36. The Morgan fingerprint density at radius 3 is 2.53 bits per heavy atom. The number of hydrogen-bond acceptors (Lipinski definition) is 2. The van der Waals surface area contributed by atoms with Crippen molar-refractivity contribution < 1.29 is 9.53 Å². The van der Waals surface area contributed by atoms with E-state index >= 15 is 0 Å². The third-order valence-electron chi connectivity index (χ3n) is 2.60. The van der Waals surface area contributed by atoms with E-state index in [-0.39, 0.29) is 5.91 Å². The quantitative estimate of drug-likeness (QED) is 0.801. The SMILES string of the molecule is COCCN(CC(C)C)C(=O)c1ccc(Cl)c(Cl)c1. The molecule has 1 aromatic rings. The van der Waals surface area contributed by atoms with Crippen molar-refractivity contribution in [2.75, 3.05) is 26.8 Å². The fourth-order valence-corrected chi connectivity index (χ4v) is 2.03. The van der Waals surface area contributed by atoms with E-state index in [1.165, 1.54) is 0 Å². The van der Waals surface area contributed by atoms with Crippen LogP contribution in [0.3, 0.4) is 0 Å². The molecule has 106 valence electrons. The van der Waals surface area contributed by atoms with Gasteiger partial charge in [0.25, 0.3) is 5.91 Å². The van der Waals surface area contributed by atoms with Gasteiger partial charge in [-0.05, 0) is 24.1 Å². The second-order valence-electron chi connectivity index (χ2n) is 4.77. The summed E-state index contributed by atoms with van der Waals surface area (Å²) in [6.45, 7) is 5.90. The van der Waals surface area contributed by atoms with Crippen molar-refractivity contribution in [1.29, 1.82) is 0 Å². The molecule has 3 nitrogen and oxygen atoms in total. The Labute approximate surface area is 124 Å². The minimum atomic E-state index is -0.0516. The third-order valence-corrected chi connectivity index (χ3v) is 3.34. The minimum absolute atomic E-state index is 0.0516. The van der Waals surface area contributed by atoms with Crippen LogP contribution < -0.4 is 0 Å². The van der Waals surface area contributed by atoms with Gasteiger partial charge in [0.05, 0.1) is 16.7 Å². The van der Waals surface area contributed by atoms with Crippen LogP contribution in [-0.2, 0) is 4.74 Å². The van der Waals surface area contributed by atoms with Gasteiger partial charge in [-0.25, -0.2) is 0 Å². The lowest BCUT2D eigenvalue weighted by atomic mass is 10.1. The molecule has 5 heteroatoms. The van der Waals surface area contributed by atoms with Crippen LogP contribution in [0.2, 0.25) is 10.0 Å². The fourth-order valence-electron chi connectivity index (χ4n) is 1.73. The number of halogens is 2. The Kier molecular flexibility index (Phi) is 6.63. The van der Waals surface area contributed by atoms with Gasteiger partial charge in [0, 0.05) is 25.8 Å². The molecule has 0 aliphatic rings. The maximum atomic E-state index is 12.4. The predicted octanol–water partition coefficient (Wildman–Crippen LogP) is 3.74. The molecule has 1 rings (SSSR count). The van der Waals surface area contributed by atoms with Gasteiger partial charge in [-0.15, -0.1) is 0 Å². The molecule has 1 aromatic carbocycles. The standard InChI is InChI=1S/C14H19Cl2NO2/c1-10(2)9-17(6-7-19-3)14(18)11-4-5-12(15)13(16)8-11/h4-5,8,10H,6-7,9H2,1-3H3. The predicted molar refractivity (Wildman–Crippen MR) is 79.1 cm³/mol. The number of methoxy groups -OCH3 is 1. The smallest absolute Gasteiger partial charge is 0.253 e. The average molecular weight is 304 g/mol. The monoisotopic (exact) mass is 303 g/mol. The second kappa shape index (κ2) is 7.73. The van der Waals surface area contributed by atoms with Crippen LogP contribution in [0, 0.1) is 5.92 Å². The van der Waals surface area contributed by atoms with Crippen molar-refractivity contribution in [3.63, 3.8) is 0 Å². The highest BCUT2D eigenvalue weighted by atomic mass is 35.5. The Morgan fingerprint density at radius 2 is 2.00 bits per heavy atom. The van der Waals surface area contributed by atoms with Crippen molar-refractivity contribution in [3.05, 3.63) is 33.8 Å². The van der Waals surface area contributed by atoms with Gasteiger partial charge >= 0.3 is 0 Å². The Hall–Kier alpha value is -0.770. The molecular weight excluding hydrogens is 285 g/mol. The molecule has 0 aliphatic carbocycles. The second-order valence-corrected chi connectivity index (χ2v) is 5.58. The lowest BCUT2D eigenvalue weighted by Crippen LogP contribution is -2.36. The summed E-state index contributed by atoms with van der Waals surface area (Å²) in [6, 6.07) is 4.93. The summed E-state index contributed by atoms with van der Waals surface area (Å²) in [5.74, 6) is 0.341. The molecule has 0 spiro atoms. The summed E-state index contributed by atoms with van der Waals surface area (Å²) in [7, 11) is 1.62. The topological polar surface area (TPSA) is 29.5 Å². The molecule has 0 aliphatic heterocycles. The van der Waals surface area contributed by atoms with Crippen LogP contribution in [0.4, 0.5) is 0 Å². The van der Waals surface area contributed by atoms with Crippen LogP contribution >= 0.6 is 23.2 Å². The first kappa shape index (κ1) is 16.3. The van der Waals surface area contributed by atoms with E-state index < -0.39 is 0 Å². The maximum absolute atomic E-state index is 12.4. The molecule has 0 unspecified atom stereocenters. The largest absolute Gasteiger partial charge is 0.383 e. The number of carbonyl (C=O) groups is 1. The van der Waals surface area contributed by atoms with E-state index in [9.17, 15) is 4.79 Å². The van der Waals surface area contributed by atoms with Crippen LogP contribution in [0.15, 0.2) is 18.2 Å². The van der Waals surface area contributed by atoms with E-state index in [0.717, 1.165) is 0 Å². The van der Waals surface area contributed by atoms with Crippen LogP contribution in [0.25, 0.3) is 0 Å². The van der Waals surface area contributed by atoms with E-state index in [0.29, 0.717) is 41.2 Å². The van der Waals surface area contributed by atoms with E-state index in [2.05, 4.69) is 13.8 Å². The molecule has 0 saturated heterocycles. The van der Waals surface area contributed by atoms with Gasteiger partial charge in [-0.3, -0.25) is 4.79 Å². The van der Waals surface area contributed by atoms with Gasteiger partial charge in [0.2, 0.25) is 0 Å². The van der Waals surface area contributed by atoms with Gasteiger partial charge < -0.3 is 9.64 Å². The molecular formula is C14H19Cl2NO2. The summed E-state index contributed by atoms with van der Waals surface area (Å²) >= 11 is 11.8. The van der Waals surface area contributed by atoms with Crippen molar-refractivity contribution in [2.45, 2.75) is 13.8 Å². The van der Waals surface area contributed by atoms with Crippen LogP contribution in [0.1, 0.15) is 24.2 Å². The summed E-state index contributed by atoms with van der Waals surface area (Å²) in [5.41, 5.74) is 0.547. The van der Waals surface area contributed by atoms with Gasteiger partial charge in [0.15, 0.2) is 0 Å². The molecule has 0 radical (unpaired) electrons. The fraction of sp³-hybridized carbons (Fsp3) is 0.500. The zero-order valence-corrected chi connectivity index (χ0v) is 13.0. The van der Waals surface area contributed by atoms with Crippen molar-refractivity contribution in [3.8, 4) is 0 Å².